The highest BCUT2D eigenvalue weighted by molar-refractivity contribution is 7.10. The summed E-state index contributed by atoms with van der Waals surface area (Å²) in [4.78, 5) is 32.5. The molecule has 1 atom stereocenters. The predicted octanol–water partition coefficient (Wildman–Crippen LogP) is 5.75. The Bertz CT molecular complexity index is 1700. The van der Waals surface area contributed by atoms with Crippen LogP contribution in [0, 0.1) is 0 Å². The molecule has 6 nitrogen and oxygen atoms in total. The van der Waals surface area contributed by atoms with Crippen LogP contribution in [0.1, 0.15) is 35.9 Å². The van der Waals surface area contributed by atoms with Gasteiger partial charge in [-0.25, -0.2) is 9.79 Å². The molecule has 10 heteroatoms. The van der Waals surface area contributed by atoms with Crippen molar-refractivity contribution in [3.63, 3.8) is 0 Å². The number of halogens is 2. The molecule has 0 saturated heterocycles. The number of aromatic nitrogens is 1. The standard InChI is InChI=1S/C28H22Cl2N2O4S2/c1-3-35-27(34)24-16(2)31-28-32(25(24)22-5-4-12-37-22)26(33)23(38-28)13-17-6-10-20(11-7-17)36-15-18-8-9-19(29)14-21(18)30/h4-14,25H,3,15H2,1-2H3/b23-13+/t25-/m0/s1. The fourth-order valence-corrected chi connectivity index (χ4v) is 6.45. The first kappa shape index (κ1) is 26.4. The molecule has 194 valence electrons. The maximum atomic E-state index is 13.6. The number of carbonyl (C=O) groups is 1. The van der Waals surface area contributed by atoms with Crippen LogP contribution in [-0.4, -0.2) is 17.1 Å². The van der Waals surface area contributed by atoms with Crippen molar-refractivity contribution in [3.8, 4) is 5.75 Å². The van der Waals surface area contributed by atoms with Crippen molar-refractivity contribution in [2.45, 2.75) is 26.5 Å². The number of ether oxygens (including phenoxy) is 2. The molecule has 0 radical (unpaired) electrons. The van der Waals surface area contributed by atoms with Gasteiger partial charge in [0.1, 0.15) is 18.4 Å². The molecule has 0 N–H and O–H groups in total. The van der Waals surface area contributed by atoms with Crippen LogP contribution in [0.5, 0.6) is 5.75 Å². The van der Waals surface area contributed by atoms with Crippen LogP contribution in [-0.2, 0) is 16.1 Å². The summed E-state index contributed by atoms with van der Waals surface area (Å²) < 4.78 is 13.3. The molecule has 38 heavy (non-hydrogen) atoms. The summed E-state index contributed by atoms with van der Waals surface area (Å²) in [5.74, 6) is 0.207. The third-order valence-corrected chi connectivity index (χ3v) is 8.41. The van der Waals surface area contributed by atoms with Gasteiger partial charge in [0.25, 0.3) is 5.56 Å². The topological polar surface area (TPSA) is 69.9 Å². The Morgan fingerprint density at radius 3 is 2.63 bits per heavy atom. The number of hydrogen-bond acceptors (Lipinski definition) is 7. The number of allylic oxidation sites excluding steroid dienone is 1. The Hall–Kier alpha value is -3.17. The lowest BCUT2D eigenvalue weighted by molar-refractivity contribution is -0.139. The van der Waals surface area contributed by atoms with Crippen LogP contribution in [0.2, 0.25) is 10.0 Å². The van der Waals surface area contributed by atoms with E-state index in [4.69, 9.17) is 32.7 Å². The van der Waals surface area contributed by atoms with E-state index >= 15 is 0 Å². The zero-order chi connectivity index (χ0) is 26.8. The first-order valence-electron chi connectivity index (χ1n) is 11.8. The number of hydrogen-bond donors (Lipinski definition) is 0. The Morgan fingerprint density at radius 2 is 1.95 bits per heavy atom. The first-order chi connectivity index (χ1) is 18.4. The Balaban J connectivity index is 1.45. The molecular formula is C28H22Cl2N2O4S2. The number of fused-ring (bicyclic) bond motifs is 1. The molecule has 1 aliphatic heterocycles. The zero-order valence-electron chi connectivity index (χ0n) is 20.4. The van der Waals surface area contributed by atoms with Gasteiger partial charge in [0.05, 0.1) is 22.4 Å². The molecule has 0 amide bonds. The maximum Gasteiger partial charge on any atom is 0.338 e. The highest BCUT2D eigenvalue weighted by Crippen LogP contribution is 2.33. The molecule has 0 saturated carbocycles. The van der Waals surface area contributed by atoms with E-state index in [1.54, 1.807) is 30.5 Å². The molecule has 3 heterocycles. The molecule has 2 aromatic carbocycles. The summed E-state index contributed by atoms with van der Waals surface area (Å²) in [5.41, 5.74) is 2.40. The Kier molecular flexibility index (Phi) is 7.85. The molecular weight excluding hydrogens is 563 g/mol. The normalized spacial score (nSPS) is 15.3. The van der Waals surface area contributed by atoms with E-state index in [1.165, 1.54) is 22.7 Å². The summed E-state index contributed by atoms with van der Waals surface area (Å²) in [5, 5.41) is 3.04. The zero-order valence-corrected chi connectivity index (χ0v) is 23.6. The van der Waals surface area contributed by atoms with Gasteiger partial charge < -0.3 is 9.47 Å². The van der Waals surface area contributed by atoms with Gasteiger partial charge >= 0.3 is 5.97 Å². The molecule has 0 aliphatic carbocycles. The van der Waals surface area contributed by atoms with Crippen LogP contribution in [0.25, 0.3) is 6.08 Å². The third-order valence-electron chi connectivity index (χ3n) is 5.92. The molecule has 1 aliphatic rings. The number of carbonyl (C=O) groups excluding carboxylic acids is 1. The van der Waals surface area contributed by atoms with Gasteiger partial charge in [-0.1, -0.05) is 58.8 Å². The number of benzene rings is 2. The maximum absolute atomic E-state index is 13.6. The van der Waals surface area contributed by atoms with E-state index in [0.717, 1.165) is 16.0 Å². The SMILES string of the molecule is CCOC(=O)C1=C(C)N=c2s/c(=C/c3ccc(OCc4ccc(Cl)cc4Cl)cc3)c(=O)n2[C@H]1c1cccs1. The van der Waals surface area contributed by atoms with E-state index in [9.17, 15) is 9.59 Å². The fourth-order valence-electron chi connectivity index (χ4n) is 4.12. The van der Waals surface area contributed by atoms with E-state index in [2.05, 4.69) is 4.99 Å². The monoisotopic (exact) mass is 584 g/mol. The quantitative estimate of drug-likeness (QED) is 0.259. The lowest BCUT2D eigenvalue weighted by atomic mass is 10.0. The second-order valence-electron chi connectivity index (χ2n) is 8.41. The lowest BCUT2D eigenvalue weighted by Gasteiger charge is -2.23. The van der Waals surface area contributed by atoms with Gasteiger partial charge in [-0.2, -0.15) is 0 Å². The highest BCUT2D eigenvalue weighted by atomic mass is 35.5. The Morgan fingerprint density at radius 1 is 1.16 bits per heavy atom. The smallest absolute Gasteiger partial charge is 0.338 e. The summed E-state index contributed by atoms with van der Waals surface area (Å²) in [6.45, 7) is 4.08. The first-order valence-corrected chi connectivity index (χ1v) is 14.2. The van der Waals surface area contributed by atoms with Crippen molar-refractivity contribution in [1.82, 2.24) is 4.57 Å². The summed E-state index contributed by atoms with van der Waals surface area (Å²) in [7, 11) is 0. The average Bonchev–Trinajstić information content (AvgIpc) is 3.52. The van der Waals surface area contributed by atoms with Crippen molar-refractivity contribution in [2.75, 3.05) is 6.61 Å². The van der Waals surface area contributed by atoms with Gasteiger partial charge in [0.15, 0.2) is 4.80 Å². The van der Waals surface area contributed by atoms with Gasteiger partial charge in [0, 0.05) is 20.5 Å². The molecule has 5 rings (SSSR count). The highest BCUT2D eigenvalue weighted by Gasteiger charge is 2.33. The van der Waals surface area contributed by atoms with Gasteiger partial charge in [-0.15, -0.1) is 11.3 Å². The minimum Gasteiger partial charge on any atom is -0.489 e. The van der Waals surface area contributed by atoms with E-state index in [-0.39, 0.29) is 12.2 Å². The van der Waals surface area contributed by atoms with Crippen molar-refractivity contribution in [1.29, 1.82) is 0 Å². The van der Waals surface area contributed by atoms with Crippen LogP contribution in [0.4, 0.5) is 0 Å². The predicted molar refractivity (Wildman–Crippen MR) is 152 cm³/mol. The summed E-state index contributed by atoms with van der Waals surface area (Å²) >= 11 is 15.0. The van der Waals surface area contributed by atoms with E-state index in [0.29, 0.717) is 43.0 Å². The largest absolute Gasteiger partial charge is 0.489 e. The van der Waals surface area contributed by atoms with Crippen molar-refractivity contribution in [2.24, 2.45) is 4.99 Å². The molecule has 0 bridgehead atoms. The molecule has 4 aromatic rings. The van der Waals surface area contributed by atoms with Crippen LogP contribution in [0.15, 0.2) is 81.0 Å². The molecule has 0 unspecified atom stereocenters. The van der Waals surface area contributed by atoms with Crippen LogP contribution >= 0.6 is 45.9 Å². The number of rotatable bonds is 7. The number of esters is 1. The van der Waals surface area contributed by atoms with Gasteiger partial charge in [-0.05, 0) is 61.2 Å². The van der Waals surface area contributed by atoms with Crippen LogP contribution in [0.3, 0.4) is 0 Å². The second kappa shape index (κ2) is 11.3. The minimum atomic E-state index is -0.581. The average molecular weight is 586 g/mol. The second-order valence-corrected chi connectivity index (χ2v) is 11.2. The van der Waals surface area contributed by atoms with E-state index in [1.807, 2.05) is 53.9 Å². The molecule has 2 aromatic heterocycles. The fraction of sp³-hybridized carbons (Fsp3) is 0.179. The van der Waals surface area contributed by atoms with E-state index < -0.39 is 12.0 Å². The van der Waals surface area contributed by atoms with Crippen molar-refractivity contribution >= 4 is 57.9 Å². The van der Waals surface area contributed by atoms with Gasteiger partial charge in [-0.3, -0.25) is 9.36 Å². The molecule has 0 spiro atoms. The minimum absolute atomic E-state index is 0.209. The Labute approximate surface area is 236 Å². The van der Waals surface area contributed by atoms with Crippen molar-refractivity contribution in [3.05, 3.63) is 117 Å². The van der Waals surface area contributed by atoms with Gasteiger partial charge in [0.2, 0.25) is 0 Å². The number of thiophene rings is 1. The number of nitrogens with zero attached hydrogens (tertiary/aromatic N) is 2. The third kappa shape index (κ3) is 5.35. The molecule has 0 fully saturated rings. The van der Waals surface area contributed by atoms with Crippen molar-refractivity contribution < 1.29 is 14.3 Å². The lowest BCUT2D eigenvalue weighted by Crippen LogP contribution is -2.39. The summed E-state index contributed by atoms with van der Waals surface area (Å²) in [6.07, 6.45) is 1.82. The number of thiazole rings is 1. The van der Waals surface area contributed by atoms with Crippen LogP contribution < -0.4 is 19.6 Å². The summed E-state index contributed by atoms with van der Waals surface area (Å²) in [6, 6.07) is 16.0.